The second kappa shape index (κ2) is 8.23. The highest BCUT2D eigenvalue weighted by molar-refractivity contribution is 5.66. The molecule has 0 spiro atoms. The normalized spacial score (nSPS) is 11.3. The highest BCUT2D eigenvalue weighted by atomic mass is 16.5. The summed E-state index contributed by atoms with van der Waals surface area (Å²) in [6.45, 7) is 7.01. The maximum absolute atomic E-state index is 5.91. The molecule has 0 saturated carbocycles. The molecule has 1 aromatic carbocycles. The van der Waals surface area contributed by atoms with E-state index < -0.39 is 0 Å². The highest BCUT2D eigenvalue weighted by Crippen LogP contribution is 2.27. The Morgan fingerprint density at radius 3 is 2.73 bits per heavy atom. The first kappa shape index (κ1) is 16.1. The molecule has 0 unspecified atom stereocenters. The van der Waals surface area contributed by atoms with Gasteiger partial charge in [-0.3, -0.25) is 0 Å². The lowest BCUT2D eigenvalue weighted by Gasteiger charge is -2.08. The zero-order chi connectivity index (χ0) is 15.8. The molecule has 2 rings (SSSR count). The van der Waals surface area contributed by atoms with E-state index in [1.807, 2.05) is 30.5 Å². The molecule has 0 fully saturated rings. The Balaban J connectivity index is 1.93. The molecule has 0 bridgehead atoms. The Morgan fingerprint density at radius 2 is 2.00 bits per heavy atom. The summed E-state index contributed by atoms with van der Waals surface area (Å²) < 4.78 is 5.91. The van der Waals surface area contributed by atoms with Crippen LogP contribution >= 0.6 is 0 Å². The molecule has 0 radical (unpaired) electrons. The van der Waals surface area contributed by atoms with Crippen LogP contribution in [0.25, 0.3) is 11.3 Å². The molecule has 0 aliphatic carbocycles. The smallest absolute Gasteiger partial charge is 0.129 e. The van der Waals surface area contributed by atoms with E-state index in [4.69, 9.17) is 4.74 Å². The molecular weight excluding hydrogens is 272 g/mol. The zero-order valence-corrected chi connectivity index (χ0v) is 13.6. The minimum atomic E-state index is 0.585. The number of aromatic nitrogens is 2. The van der Waals surface area contributed by atoms with Crippen molar-refractivity contribution in [2.24, 2.45) is 0 Å². The van der Waals surface area contributed by atoms with Gasteiger partial charge in [-0.25, -0.2) is 4.98 Å². The predicted molar refractivity (Wildman–Crippen MR) is 91.9 cm³/mol. The molecule has 1 N–H and O–H groups in total. The highest BCUT2D eigenvalue weighted by Gasteiger charge is 2.06. The van der Waals surface area contributed by atoms with Crippen LogP contribution in [0.3, 0.4) is 0 Å². The van der Waals surface area contributed by atoms with E-state index in [9.17, 15) is 0 Å². The fourth-order valence-corrected chi connectivity index (χ4v) is 2.18. The van der Waals surface area contributed by atoms with Gasteiger partial charge in [-0.15, -0.1) is 0 Å². The summed E-state index contributed by atoms with van der Waals surface area (Å²) in [6.07, 6.45) is 10.2. The summed E-state index contributed by atoms with van der Waals surface area (Å²) in [4.78, 5) is 7.27. The van der Waals surface area contributed by atoms with Crippen LogP contribution in [0, 0.1) is 0 Å². The lowest BCUT2D eigenvalue weighted by Crippen LogP contribution is -1.96. The van der Waals surface area contributed by atoms with Gasteiger partial charge in [-0.2, -0.15) is 0 Å². The quantitative estimate of drug-likeness (QED) is 0.718. The lowest BCUT2D eigenvalue weighted by atomic mass is 10.1. The molecule has 0 aliphatic heterocycles. The van der Waals surface area contributed by atoms with Crippen molar-refractivity contribution in [3.63, 3.8) is 0 Å². The first-order valence-corrected chi connectivity index (χ1v) is 7.67. The van der Waals surface area contributed by atoms with Crippen LogP contribution in [0.4, 0.5) is 0 Å². The van der Waals surface area contributed by atoms with Gasteiger partial charge in [-0.1, -0.05) is 29.4 Å². The molecular formula is C19H24N2O. The van der Waals surface area contributed by atoms with Gasteiger partial charge in [0.05, 0.1) is 12.0 Å². The summed E-state index contributed by atoms with van der Waals surface area (Å²) >= 11 is 0. The third-order valence-electron chi connectivity index (χ3n) is 3.42. The third kappa shape index (κ3) is 4.92. The second-order valence-corrected chi connectivity index (χ2v) is 5.63. The van der Waals surface area contributed by atoms with Crippen LogP contribution in [0.2, 0.25) is 0 Å². The van der Waals surface area contributed by atoms with Crippen molar-refractivity contribution >= 4 is 0 Å². The molecule has 0 aliphatic rings. The molecule has 1 aromatic heterocycles. The van der Waals surface area contributed by atoms with E-state index in [-0.39, 0.29) is 0 Å². The van der Waals surface area contributed by atoms with Gasteiger partial charge in [0.15, 0.2) is 0 Å². The molecule has 2 aromatic rings. The first-order chi connectivity index (χ1) is 10.7. The van der Waals surface area contributed by atoms with Gasteiger partial charge in [0.25, 0.3) is 0 Å². The van der Waals surface area contributed by atoms with Crippen molar-refractivity contribution in [1.82, 2.24) is 9.97 Å². The van der Waals surface area contributed by atoms with E-state index in [0.717, 1.165) is 29.8 Å². The SMILES string of the molecule is CC(C)=CCCC(C)=CCOc1ccccc1-c1c[nH]cn1. The molecule has 1 heterocycles. The zero-order valence-electron chi connectivity index (χ0n) is 13.6. The Labute approximate surface area is 132 Å². The number of rotatable bonds is 7. The Hall–Kier alpha value is -2.29. The number of nitrogens with one attached hydrogen (secondary N) is 1. The number of benzene rings is 1. The van der Waals surface area contributed by atoms with Crippen LogP contribution < -0.4 is 4.74 Å². The fraction of sp³-hybridized carbons (Fsp3) is 0.316. The number of hydrogen-bond donors (Lipinski definition) is 1. The van der Waals surface area contributed by atoms with Gasteiger partial charge in [-0.05, 0) is 51.8 Å². The van der Waals surface area contributed by atoms with Crippen molar-refractivity contribution in [3.05, 3.63) is 60.1 Å². The third-order valence-corrected chi connectivity index (χ3v) is 3.42. The van der Waals surface area contributed by atoms with Crippen molar-refractivity contribution in [1.29, 1.82) is 0 Å². The predicted octanol–water partition coefficient (Wildman–Crippen LogP) is 5.15. The summed E-state index contributed by atoms with van der Waals surface area (Å²) in [7, 11) is 0. The number of imidazole rings is 1. The standard InChI is InChI=1S/C19H24N2O/c1-15(2)7-6-8-16(3)11-12-22-19-10-5-4-9-17(19)18-13-20-14-21-18/h4-5,7,9-11,13-14H,6,8,12H2,1-3H3,(H,20,21). The second-order valence-electron chi connectivity index (χ2n) is 5.63. The molecule has 22 heavy (non-hydrogen) atoms. The minimum Gasteiger partial charge on any atom is -0.489 e. The number of ether oxygens (including phenoxy) is 1. The van der Waals surface area contributed by atoms with Crippen LogP contribution in [0.5, 0.6) is 5.75 Å². The van der Waals surface area contributed by atoms with Crippen molar-refractivity contribution in [3.8, 4) is 17.0 Å². The Kier molecular flexibility index (Phi) is 6.01. The minimum absolute atomic E-state index is 0.585. The number of allylic oxidation sites excluding steroid dienone is 3. The lowest BCUT2D eigenvalue weighted by molar-refractivity contribution is 0.363. The van der Waals surface area contributed by atoms with Gasteiger partial charge in [0.2, 0.25) is 0 Å². The number of hydrogen-bond acceptors (Lipinski definition) is 2. The summed E-state index contributed by atoms with van der Waals surface area (Å²) in [5.41, 5.74) is 4.64. The van der Waals surface area contributed by atoms with Crippen LogP contribution in [0.15, 0.2) is 60.1 Å². The van der Waals surface area contributed by atoms with E-state index in [0.29, 0.717) is 6.61 Å². The molecule has 3 heteroatoms. The average Bonchev–Trinajstić information content (AvgIpc) is 3.01. The molecule has 116 valence electrons. The topological polar surface area (TPSA) is 37.9 Å². The Morgan fingerprint density at radius 1 is 1.18 bits per heavy atom. The fourth-order valence-electron chi connectivity index (χ4n) is 2.18. The van der Waals surface area contributed by atoms with Crippen LogP contribution in [-0.2, 0) is 0 Å². The molecule has 0 atom stereocenters. The van der Waals surface area contributed by atoms with Crippen LogP contribution in [-0.4, -0.2) is 16.6 Å². The molecule has 0 saturated heterocycles. The number of para-hydroxylation sites is 1. The van der Waals surface area contributed by atoms with Crippen molar-refractivity contribution in [2.45, 2.75) is 33.6 Å². The van der Waals surface area contributed by atoms with Gasteiger partial charge >= 0.3 is 0 Å². The van der Waals surface area contributed by atoms with E-state index in [1.54, 1.807) is 6.33 Å². The average molecular weight is 296 g/mol. The van der Waals surface area contributed by atoms with Crippen molar-refractivity contribution in [2.75, 3.05) is 6.61 Å². The summed E-state index contributed by atoms with van der Waals surface area (Å²) in [5.74, 6) is 0.864. The van der Waals surface area contributed by atoms with Gasteiger partial charge in [0.1, 0.15) is 12.4 Å². The number of H-pyrrole nitrogens is 1. The van der Waals surface area contributed by atoms with E-state index >= 15 is 0 Å². The number of aromatic amines is 1. The van der Waals surface area contributed by atoms with E-state index in [1.165, 1.54) is 11.1 Å². The number of nitrogens with zero attached hydrogens (tertiary/aromatic N) is 1. The maximum atomic E-state index is 5.91. The van der Waals surface area contributed by atoms with Gasteiger partial charge in [0, 0.05) is 11.8 Å². The maximum Gasteiger partial charge on any atom is 0.129 e. The summed E-state index contributed by atoms with van der Waals surface area (Å²) in [5, 5.41) is 0. The van der Waals surface area contributed by atoms with E-state index in [2.05, 4.69) is 42.9 Å². The van der Waals surface area contributed by atoms with Gasteiger partial charge < -0.3 is 9.72 Å². The molecule has 0 amide bonds. The summed E-state index contributed by atoms with van der Waals surface area (Å²) in [6, 6.07) is 7.99. The van der Waals surface area contributed by atoms with Crippen LogP contribution in [0.1, 0.15) is 33.6 Å². The Bertz CT molecular complexity index is 635. The monoisotopic (exact) mass is 296 g/mol. The first-order valence-electron chi connectivity index (χ1n) is 7.67. The molecule has 3 nitrogen and oxygen atoms in total. The van der Waals surface area contributed by atoms with Crippen molar-refractivity contribution < 1.29 is 4.74 Å². The largest absolute Gasteiger partial charge is 0.489 e.